The fourth-order valence-corrected chi connectivity index (χ4v) is 7.25. The molecule has 0 saturated heterocycles. The molecule has 2 aromatic rings. The van der Waals surface area contributed by atoms with Crippen LogP contribution in [0.2, 0.25) is 0 Å². The number of hydrogen-bond acceptors (Lipinski definition) is 2. The summed E-state index contributed by atoms with van der Waals surface area (Å²) in [6.07, 6.45) is 45.6. The zero-order valence-corrected chi connectivity index (χ0v) is 37.5. The van der Waals surface area contributed by atoms with E-state index in [0.717, 1.165) is 48.5 Å². The average molecular weight is 832 g/mol. The first-order valence-corrected chi connectivity index (χ1v) is 23.2. The van der Waals surface area contributed by atoms with E-state index in [9.17, 15) is 0 Å². The summed E-state index contributed by atoms with van der Waals surface area (Å²) >= 11 is 0. The smallest absolute Gasteiger partial charge is 0.0848 e. The van der Waals surface area contributed by atoms with Crippen LogP contribution in [0.15, 0.2) is 70.7 Å². The Morgan fingerprint density at radius 2 is 0.759 bits per heavy atom. The maximum atomic E-state index is 5.27. The minimum Gasteiger partial charge on any atom is -0.251 e. The van der Waals surface area contributed by atoms with Gasteiger partial charge in [0.2, 0.25) is 0 Å². The van der Waals surface area contributed by atoms with Crippen molar-refractivity contribution in [1.82, 2.24) is 0 Å². The molecule has 0 radical (unpaired) electrons. The van der Waals surface area contributed by atoms with E-state index in [-0.39, 0.29) is 20.4 Å². The minimum absolute atomic E-state index is 0. The first-order chi connectivity index (χ1) is 26.2. The molecule has 0 amide bonds. The van der Waals surface area contributed by atoms with E-state index >= 15 is 0 Å². The van der Waals surface area contributed by atoms with E-state index in [1.807, 2.05) is 0 Å². The third-order valence-electron chi connectivity index (χ3n) is 10.8. The molecule has 0 heterocycles. The van der Waals surface area contributed by atoms with Crippen molar-refractivity contribution in [2.75, 3.05) is 0 Å². The normalized spacial score (nSPS) is 12.1. The molecule has 2 nitrogen and oxygen atoms in total. The molecule has 0 spiro atoms. The number of aryl methyl sites for hydroxylation is 2. The van der Waals surface area contributed by atoms with E-state index in [4.69, 9.17) is 9.98 Å². The summed E-state index contributed by atoms with van der Waals surface area (Å²) in [6.45, 7) is 9.16. The van der Waals surface area contributed by atoms with Gasteiger partial charge in [-0.1, -0.05) is 206 Å². The van der Waals surface area contributed by atoms with E-state index in [0.29, 0.717) is 0 Å². The summed E-state index contributed by atoms with van der Waals surface area (Å²) in [5.74, 6) is 0. The number of allylic oxidation sites excluding steroid dienone is 2. The largest absolute Gasteiger partial charge is 0.251 e. The molecule has 3 heteroatoms. The van der Waals surface area contributed by atoms with Crippen LogP contribution in [0.1, 0.15) is 225 Å². The second-order valence-electron chi connectivity index (χ2n) is 16.0. The predicted molar refractivity (Wildman–Crippen MR) is 240 cm³/mol. The molecule has 54 heavy (non-hydrogen) atoms. The molecule has 0 aliphatic heterocycles. The van der Waals surface area contributed by atoms with Gasteiger partial charge in [0.1, 0.15) is 0 Å². The fraction of sp³-hybridized carbons (Fsp3) is 0.686. The predicted octanol–water partition coefficient (Wildman–Crippen LogP) is 17.6. The molecule has 0 aliphatic rings. The zero-order valence-electron chi connectivity index (χ0n) is 35.9. The molecule has 0 bridgehead atoms. The van der Waals surface area contributed by atoms with Crippen molar-refractivity contribution < 1.29 is 20.4 Å². The first kappa shape index (κ1) is 50.2. The van der Waals surface area contributed by atoms with Gasteiger partial charge in [-0.2, -0.15) is 0 Å². The summed E-state index contributed by atoms with van der Waals surface area (Å²) in [5.41, 5.74) is 7.11. The van der Waals surface area contributed by atoms with Gasteiger partial charge in [-0.15, -0.1) is 0 Å². The van der Waals surface area contributed by atoms with Crippen LogP contribution in [-0.4, -0.2) is 11.4 Å². The molecule has 0 fully saturated rings. The van der Waals surface area contributed by atoms with Crippen LogP contribution in [0.3, 0.4) is 0 Å². The molecule has 0 N–H and O–H groups in total. The van der Waals surface area contributed by atoms with E-state index in [1.165, 1.54) is 184 Å². The summed E-state index contributed by atoms with van der Waals surface area (Å²) in [6, 6.07) is 18.1. The Hall–Kier alpha value is -1.82. The van der Waals surface area contributed by atoms with Gasteiger partial charge in [0.05, 0.1) is 22.8 Å². The molecule has 0 unspecified atom stereocenters. The molecule has 0 atom stereocenters. The van der Waals surface area contributed by atoms with Crippen molar-refractivity contribution in [3.63, 3.8) is 0 Å². The van der Waals surface area contributed by atoms with Crippen molar-refractivity contribution in [3.05, 3.63) is 71.8 Å². The SMILES string of the molecule is CCCCCCC/C=C/C(=N\c1ccc(CCCCCCCCCCCC)cc1)C(/CCCC)=N/c1ccc(CCCCCCCCCCCC)cc1.[Pd]. The summed E-state index contributed by atoms with van der Waals surface area (Å²) in [5, 5.41) is 0. The van der Waals surface area contributed by atoms with Crippen molar-refractivity contribution in [2.45, 2.75) is 227 Å². The maximum absolute atomic E-state index is 5.27. The van der Waals surface area contributed by atoms with Crippen LogP contribution in [-0.2, 0) is 33.3 Å². The standard InChI is InChI=1S/C51H84N2.Pd/c1-5-9-13-16-19-21-23-26-28-31-34-46-38-42-48(43-39-46)52-50(36-12-8-4)51(37-33-30-25-18-15-11-7-3)53-49-44-40-47(41-45-49)35-32-29-27-24-22-20-17-14-10-6-2;/h33,37-45H,5-32,34-36H2,1-4H3;/b37-33+,52-50+,53-51+;. The van der Waals surface area contributed by atoms with Crippen LogP contribution >= 0.6 is 0 Å². The molecule has 0 aliphatic carbocycles. The second-order valence-corrected chi connectivity index (χ2v) is 16.0. The number of nitrogens with zero attached hydrogens (tertiary/aromatic N) is 2. The average Bonchev–Trinajstić information content (AvgIpc) is 3.18. The number of unbranched alkanes of at least 4 members (excludes halogenated alkanes) is 24. The Balaban J connectivity index is 0.0000146. The summed E-state index contributed by atoms with van der Waals surface area (Å²) in [7, 11) is 0. The van der Waals surface area contributed by atoms with Crippen LogP contribution in [0.5, 0.6) is 0 Å². The number of benzene rings is 2. The molecule has 2 aromatic carbocycles. The molecule has 2 rings (SSSR count). The van der Waals surface area contributed by atoms with Gasteiger partial charge in [0.25, 0.3) is 0 Å². The third kappa shape index (κ3) is 26.9. The number of hydrogen-bond donors (Lipinski definition) is 0. The van der Waals surface area contributed by atoms with Gasteiger partial charge in [-0.25, -0.2) is 4.99 Å². The third-order valence-corrected chi connectivity index (χ3v) is 10.8. The molecular weight excluding hydrogens is 747 g/mol. The van der Waals surface area contributed by atoms with Gasteiger partial charge in [-0.05, 0) is 92.8 Å². The minimum atomic E-state index is 0. The zero-order chi connectivity index (χ0) is 37.9. The van der Waals surface area contributed by atoms with Gasteiger partial charge in [-0.3, -0.25) is 4.99 Å². The maximum Gasteiger partial charge on any atom is 0.0848 e. The molecule has 0 aromatic heterocycles. The van der Waals surface area contributed by atoms with E-state index in [2.05, 4.69) is 88.4 Å². The van der Waals surface area contributed by atoms with E-state index in [1.54, 1.807) is 0 Å². The molecular formula is C51H84N2Pd. The Bertz CT molecular complexity index is 1190. The number of rotatable bonds is 35. The summed E-state index contributed by atoms with van der Waals surface area (Å²) in [4.78, 5) is 10.5. The fourth-order valence-electron chi connectivity index (χ4n) is 7.25. The Kier molecular flexibility index (Phi) is 34.2. The van der Waals surface area contributed by atoms with Gasteiger partial charge < -0.3 is 0 Å². The monoisotopic (exact) mass is 831 g/mol. The molecule has 0 saturated carbocycles. The second kappa shape index (κ2) is 36.8. The summed E-state index contributed by atoms with van der Waals surface area (Å²) < 4.78 is 0. The van der Waals surface area contributed by atoms with Crippen LogP contribution in [0, 0.1) is 0 Å². The van der Waals surface area contributed by atoms with Gasteiger partial charge in [0, 0.05) is 20.4 Å². The quantitative estimate of drug-likeness (QED) is 0.0376. The van der Waals surface area contributed by atoms with Crippen LogP contribution in [0.25, 0.3) is 0 Å². The van der Waals surface area contributed by atoms with Gasteiger partial charge >= 0.3 is 0 Å². The van der Waals surface area contributed by atoms with Gasteiger partial charge in [0.15, 0.2) is 0 Å². The van der Waals surface area contributed by atoms with Crippen LogP contribution in [0.4, 0.5) is 11.4 Å². The van der Waals surface area contributed by atoms with Crippen molar-refractivity contribution in [2.24, 2.45) is 9.98 Å². The van der Waals surface area contributed by atoms with Crippen molar-refractivity contribution in [1.29, 1.82) is 0 Å². The van der Waals surface area contributed by atoms with Crippen LogP contribution < -0.4 is 0 Å². The Morgan fingerprint density at radius 1 is 0.407 bits per heavy atom. The van der Waals surface area contributed by atoms with Crippen molar-refractivity contribution in [3.8, 4) is 0 Å². The topological polar surface area (TPSA) is 24.7 Å². The van der Waals surface area contributed by atoms with E-state index < -0.39 is 0 Å². The van der Waals surface area contributed by atoms with Crippen molar-refractivity contribution >= 4 is 22.8 Å². The Morgan fingerprint density at radius 3 is 1.17 bits per heavy atom. The number of aliphatic imine (C=N–C) groups is 2. The first-order valence-electron chi connectivity index (χ1n) is 23.2. The molecule has 308 valence electrons. The Labute approximate surface area is 350 Å².